The predicted molar refractivity (Wildman–Crippen MR) is 98.7 cm³/mol. The number of aryl methyl sites for hydroxylation is 1. The van der Waals surface area contributed by atoms with Gasteiger partial charge in [0.05, 0.1) is 17.1 Å². The van der Waals surface area contributed by atoms with Crippen molar-refractivity contribution in [3.05, 3.63) is 40.0 Å². The molecular formula is C16H19N4O5S-. The lowest BCUT2D eigenvalue weighted by molar-refractivity contribution is 0.0635. The second-order valence-electron chi connectivity index (χ2n) is 6.30. The Hall–Kier alpha value is -2.69. The molecule has 3 N–H and O–H groups in total. The molecule has 2 amide bonds. The van der Waals surface area contributed by atoms with E-state index < -0.39 is 17.6 Å². The van der Waals surface area contributed by atoms with Crippen molar-refractivity contribution in [2.45, 2.75) is 33.3 Å². The maximum atomic E-state index is 12.5. The molecule has 0 radical (unpaired) electrons. The van der Waals surface area contributed by atoms with Crippen molar-refractivity contribution in [1.29, 1.82) is 0 Å². The van der Waals surface area contributed by atoms with E-state index in [1.807, 2.05) is 0 Å². The van der Waals surface area contributed by atoms with E-state index in [9.17, 15) is 14.8 Å². The highest BCUT2D eigenvalue weighted by atomic mass is 32.1. The largest absolute Gasteiger partial charge is 0.733 e. The average molecular weight is 379 g/mol. The summed E-state index contributed by atoms with van der Waals surface area (Å²) < 4.78 is 5.14. The van der Waals surface area contributed by atoms with Gasteiger partial charge in [0.1, 0.15) is 10.5 Å². The summed E-state index contributed by atoms with van der Waals surface area (Å²) in [5.41, 5.74) is -0.215. The van der Waals surface area contributed by atoms with E-state index in [0.29, 0.717) is 5.69 Å². The molecule has 1 aromatic carbocycles. The first kappa shape index (κ1) is 19.6. The third-order valence-electron chi connectivity index (χ3n) is 2.97. The number of amides is 2. The minimum absolute atomic E-state index is 0.102. The number of nitrogens with zero attached hydrogens (tertiary/aromatic N) is 2. The average Bonchev–Trinajstić information content (AvgIpc) is 2.86. The van der Waals surface area contributed by atoms with Crippen molar-refractivity contribution in [3.63, 3.8) is 0 Å². The van der Waals surface area contributed by atoms with E-state index in [2.05, 4.69) is 15.6 Å². The van der Waals surface area contributed by atoms with Crippen LogP contribution in [0.4, 0.5) is 21.3 Å². The molecule has 0 spiro atoms. The Bertz CT molecular complexity index is 813. The molecule has 0 fully saturated rings. The molecule has 2 aromatic rings. The van der Waals surface area contributed by atoms with Gasteiger partial charge >= 0.3 is 6.09 Å². The molecule has 0 aliphatic carbocycles. The quantitative estimate of drug-likeness (QED) is 0.690. The highest BCUT2D eigenvalue weighted by molar-refractivity contribution is 7.17. The summed E-state index contributed by atoms with van der Waals surface area (Å²) in [7, 11) is 0. The van der Waals surface area contributed by atoms with E-state index in [-0.39, 0.29) is 26.6 Å². The third kappa shape index (κ3) is 5.15. The molecule has 0 atom stereocenters. The highest BCUT2D eigenvalue weighted by Gasteiger charge is 2.20. The smallest absolute Gasteiger partial charge is 0.413 e. The van der Waals surface area contributed by atoms with E-state index in [1.165, 1.54) is 12.1 Å². The fourth-order valence-corrected chi connectivity index (χ4v) is 2.82. The number of hydrogen-bond acceptors (Lipinski definition) is 8. The lowest BCUT2D eigenvalue weighted by Gasteiger charge is -2.24. The van der Waals surface area contributed by atoms with Crippen molar-refractivity contribution >= 4 is 39.8 Å². The van der Waals surface area contributed by atoms with E-state index in [1.54, 1.807) is 39.8 Å². The number of benzene rings is 1. The van der Waals surface area contributed by atoms with Gasteiger partial charge in [-0.25, -0.2) is 9.78 Å². The van der Waals surface area contributed by atoms with Crippen LogP contribution in [0.1, 0.15) is 36.1 Å². The predicted octanol–water partition coefficient (Wildman–Crippen LogP) is 3.74. The van der Waals surface area contributed by atoms with Crippen LogP contribution in [0.5, 0.6) is 0 Å². The summed E-state index contributed by atoms with van der Waals surface area (Å²) in [6.45, 7) is 6.81. The fraction of sp³-hybridized carbons (Fsp3) is 0.312. The number of hydrogen-bond donors (Lipinski definition) is 3. The van der Waals surface area contributed by atoms with Crippen LogP contribution in [0.2, 0.25) is 0 Å². The fourth-order valence-electron chi connectivity index (χ4n) is 1.98. The molecular weight excluding hydrogens is 360 g/mol. The van der Waals surface area contributed by atoms with Gasteiger partial charge in [-0.2, -0.15) is 0 Å². The maximum absolute atomic E-state index is 12.5. The molecule has 0 aliphatic rings. The van der Waals surface area contributed by atoms with Gasteiger partial charge in [-0.3, -0.25) is 15.3 Å². The summed E-state index contributed by atoms with van der Waals surface area (Å²) in [5, 5.41) is 25.1. The number of carbonyl (C=O) groups is 2. The number of ether oxygens (including phenoxy) is 1. The van der Waals surface area contributed by atoms with Gasteiger partial charge in [-0.05, 0) is 39.8 Å². The van der Waals surface area contributed by atoms with Crippen LogP contribution in [0.15, 0.2) is 24.3 Å². The lowest BCUT2D eigenvalue weighted by Crippen LogP contribution is -2.27. The number of carbonyl (C=O) groups excluding carboxylic acids is 2. The van der Waals surface area contributed by atoms with E-state index in [4.69, 9.17) is 9.94 Å². The minimum atomic E-state index is -0.675. The van der Waals surface area contributed by atoms with Crippen molar-refractivity contribution < 1.29 is 19.5 Å². The summed E-state index contributed by atoms with van der Waals surface area (Å²) in [6, 6.07) is 5.99. The molecule has 0 saturated heterocycles. The van der Waals surface area contributed by atoms with Gasteiger partial charge in [-0.1, -0.05) is 23.5 Å². The molecule has 1 heterocycles. The van der Waals surface area contributed by atoms with Crippen LogP contribution in [-0.2, 0) is 4.74 Å². The number of anilines is 3. The summed E-state index contributed by atoms with van der Waals surface area (Å²) in [6.07, 6.45) is -0.675. The highest BCUT2D eigenvalue weighted by Crippen LogP contribution is 2.27. The SMILES string of the molecule is Cc1nc(NC(=O)OC(C)(C)C)sc1C(=O)Nc1ccccc1N([O-])O. The zero-order valence-corrected chi connectivity index (χ0v) is 15.5. The second-order valence-corrected chi connectivity index (χ2v) is 7.30. The van der Waals surface area contributed by atoms with Crippen molar-refractivity contribution in [2.24, 2.45) is 0 Å². The Kier molecular flexibility index (Phi) is 5.80. The molecule has 1 aromatic heterocycles. The Balaban J connectivity index is 2.14. The number of para-hydroxylation sites is 2. The molecule has 0 unspecified atom stereocenters. The normalized spacial score (nSPS) is 11.0. The van der Waals surface area contributed by atoms with Crippen LogP contribution >= 0.6 is 11.3 Å². The molecule has 140 valence electrons. The van der Waals surface area contributed by atoms with Crippen LogP contribution in [0.25, 0.3) is 0 Å². The summed E-state index contributed by atoms with van der Waals surface area (Å²) in [4.78, 5) is 28.6. The Morgan fingerprint density at radius 3 is 2.54 bits per heavy atom. The van der Waals surface area contributed by atoms with Gasteiger partial charge < -0.3 is 20.5 Å². The maximum Gasteiger partial charge on any atom is 0.413 e. The summed E-state index contributed by atoms with van der Waals surface area (Å²) in [5.74, 6) is -0.522. The standard InChI is InChI=1S/C16H19N4O5S/c1-9-12(26-14(17-9)19-15(22)25-16(2,3)4)13(21)18-10-7-5-6-8-11(10)20(23)24/h5-8,23H,1-4H3,(H,18,21)(H,17,19,22)/q-1. The van der Waals surface area contributed by atoms with Crippen molar-refractivity contribution in [3.8, 4) is 0 Å². The number of aromatic nitrogens is 1. The Morgan fingerprint density at radius 2 is 1.92 bits per heavy atom. The van der Waals surface area contributed by atoms with Gasteiger partial charge in [0.2, 0.25) is 0 Å². The molecule has 2 rings (SSSR count). The topological polar surface area (TPSA) is 127 Å². The van der Waals surface area contributed by atoms with E-state index >= 15 is 0 Å². The molecule has 10 heteroatoms. The lowest BCUT2D eigenvalue weighted by atomic mass is 10.2. The molecule has 0 saturated carbocycles. The zero-order chi connectivity index (χ0) is 19.5. The first-order valence-corrected chi connectivity index (χ1v) is 8.42. The molecule has 9 nitrogen and oxygen atoms in total. The van der Waals surface area contributed by atoms with Crippen LogP contribution in [0.3, 0.4) is 0 Å². The molecule has 0 aliphatic heterocycles. The van der Waals surface area contributed by atoms with Crippen molar-refractivity contribution in [2.75, 3.05) is 15.9 Å². The van der Waals surface area contributed by atoms with Gasteiger partial charge in [0.25, 0.3) is 5.91 Å². The van der Waals surface area contributed by atoms with Crippen LogP contribution < -0.4 is 15.9 Å². The minimum Gasteiger partial charge on any atom is -0.733 e. The van der Waals surface area contributed by atoms with Gasteiger partial charge in [-0.15, -0.1) is 0 Å². The summed E-state index contributed by atoms with van der Waals surface area (Å²) >= 11 is 0.966. The number of nitrogens with one attached hydrogen (secondary N) is 2. The van der Waals surface area contributed by atoms with Crippen molar-refractivity contribution in [1.82, 2.24) is 4.98 Å². The number of rotatable bonds is 4. The monoisotopic (exact) mass is 379 g/mol. The van der Waals surface area contributed by atoms with Gasteiger partial charge in [0.15, 0.2) is 5.13 Å². The Labute approximate surface area is 154 Å². The first-order chi connectivity index (χ1) is 12.1. The second kappa shape index (κ2) is 7.68. The zero-order valence-electron chi connectivity index (χ0n) is 14.7. The number of thiazole rings is 1. The molecule has 26 heavy (non-hydrogen) atoms. The van der Waals surface area contributed by atoms with Gasteiger partial charge in [0, 0.05) is 0 Å². The van der Waals surface area contributed by atoms with Crippen LogP contribution in [0, 0.1) is 12.1 Å². The molecule has 0 bridgehead atoms. The van der Waals surface area contributed by atoms with Crippen LogP contribution in [-0.4, -0.2) is 27.8 Å². The first-order valence-electron chi connectivity index (χ1n) is 7.61. The van der Waals surface area contributed by atoms with E-state index in [0.717, 1.165) is 11.3 Å². The Morgan fingerprint density at radius 1 is 1.27 bits per heavy atom. The third-order valence-corrected chi connectivity index (χ3v) is 4.04.